The highest BCUT2D eigenvalue weighted by Crippen LogP contribution is 2.23. The minimum Gasteiger partial charge on any atom is -0.469 e. The van der Waals surface area contributed by atoms with Crippen molar-refractivity contribution in [3.8, 4) is 0 Å². The van der Waals surface area contributed by atoms with Crippen molar-refractivity contribution in [3.05, 3.63) is 35.8 Å². The molecule has 0 radical (unpaired) electrons. The average molecular weight is 387 g/mol. The van der Waals surface area contributed by atoms with E-state index in [1.807, 2.05) is 23.7 Å². The number of nitrogens with zero attached hydrogens (tertiary/aromatic N) is 4. The lowest BCUT2D eigenvalue weighted by molar-refractivity contribution is 0.0224. The summed E-state index contributed by atoms with van der Waals surface area (Å²) in [5.41, 5.74) is 0. The molecule has 8 heteroatoms. The monoisotopic (exact) mass is 386 g/mol. The summed E-state index contributed by atoms with van der Waals surface area (Å²) in [4.78, 5) is 9.44. The molecule has 4 heterocycles. The zero-order chi connectivity index (χ0) is 19.2. The van der Waals surface area contributed by atoms with Crippen molar-refractivity contribution in [1.29, 1.82) is 0 Å². The standard InChI is InChI=1S/C20H30N6O2/c1-15-23-19-18(8-4-11-26(19)25-15)24-20(21-10-9-16-7-5-13-27-16)22-14-17-6-2-3-12-28-17/h5,7,13,17-18H,2-4,6,8-12,14H2,1H3,(H2,21,22,24). The fraction of sp³-hybridized carbons (Fsp3) is 0.650. The van der Waals surface area contributed by atoms with E-state index < -0.39 is 0 Å². The van der Waals surface area contributed by atoms with Crippen molar-refractivity contribution in [1.82, 2.24) is 25.4 Å². The van der Waals surface area contributed by atoms with Gasteiger partial charge in [0.15, 0.2) is 5.96 Å². The number of fused-ring (bicyclic) bond motifs is 1. The first-order valence-corrected chi connectivity index (χ1v) is 10.4. The maximum Gasteiger partial charge on any atom is 0.191 e. The molecule has 0 saturated carbocycles. The molecular formula is C20H30N6O2. The van der Waals surface area contributed by atoms with Gasteiger partial charge in [0.25, 0.3) is 0 Å². The first-order valence-electron chi connectivity index (χ1n) is 10.4. The largest absolute Gasteiger partial charge is 0.469 e. The van der Waals surface area contributed by atoms with Crippen LogP contribution in [-0.2, 0) is 17.7 Å². The molecule has 0 bridgehead atoms. The predicted molar refractivity (Wildman–Crippen MR) is 106 cm³/mol. The summed E-state index contributed by atoms with van der Waals surface area (Å²) in [6.45, 7) is 5.15. The number of hydrogen-bond donors (Lipinski definition) is 2. The molecule has 4 rings (SSSR count). The number of ether oxygens (including phenoxy) is 1. The third kappa shape index (κ3) is 4.92. The minimum absolute atomic E-state index is 0.122. The van der Waals surface area contributed by atoms with Gasteiger partial charge in [-0.2, -0.15) is 5.10 Å². The van der Waals surface area contributed by atoms with Crippen LogP contribution in [0.4, 0.5) is 0 Å². The molecule has 2 atom stereocenters. The van der Waals surface area contributed by atoms with Crippen molar-refractivity contribution in [3.63, 3.8) is 0 Å². The van der Waals surface area contributed by atoms with Crippen molar-refractivity contribution in [2.45, 2.75) is 64.1 Å². The normalized spacial score (nSPS) is 22.7. The van der Waals surface area contributed by atoms with Crippen LogP contribution < -0.4 is 10.6 Å². The Labute approximate surface area is 165 Å². The fourth-order valence-electron chi connectivity index (χ4n) is 3.83. The van der Waals surface area contributed by atoms with E-state index in [-0.39, 0.29) is 12.1 Å². The van der Waals surface area contributed by atoms with Crippen molar-refractivity contribution in [2.75, 3.05) is 19.7 Å². The molecule has 0 spiro atoms. The number of aliphatic imine (C=N–C) groups is 1. The van der Waals surface area contributed by atoms with Crippen LogP contribution in [0.3, 0.4) is 0 Å². The lowest BCUT2D eigenvalue weighted by atomic mass is 10.1. The summed E-state index contributed by atoms with van der Waals surface area (Å²) >= 11 is 0. The van der Waals surface area contributed by atoms with Crippen LogP contribution in [-0.4, -0.2) is 46.5 Å². The molecule has 28 heavy (non-hydrogen) atoms. The summed E-state index contributed by atoms with van der Waals surface area (Å²) in [6, 6.07) is 4.03. The lowest BCUT2D eigenvalue weighted by Crippen LogP contribution is -2.43. The number of rotatable bonds is 6. The van der Waals surface area contributed by atoms with Crippen LogP contribution >= 0.6 is 0 Å². The van der Waals surface area contributed by atoms with E-state index in [9.17, 15) is 0 Å². The summed E-state index contributed by atoms with van der Waals surface area (Å²) in [6.07, 6.45) is 8.31. The number of nitrogens with one attached hydrogen (secondary N) is 2. The van der Waals surface area contributed by atoms with Crippen LogP contribution in [0.15, 0.2) is 27.8 Å². The lowest BCUT2D eigenvalue weighted by Gasteiger charge is -2.26. The molecule has 2 aliphatic heterocycles. The molecule has 2 aromatic heterocycles. The van der Waals surface area contributed by atoms with Gasteiger partial charge in [-0.05, 0) is 51.2 Å². The van der Waals surface area contributed by atoms with Crippen molar-refractivity contribution >= 4 is 5.96 Å². The van der Waals surface area contributed by atoms with Crippen LogP contribution in [0, 0.1) is 6.92 Å². The SMILES string of the molecule is Cc1nc2n(n1)CCCC2NC(=NCC1CCCCO1)NCCc1ccco1. The zero-order valence-electron chi connectivity index (χ0n) is 16.6. The van der Waals surface area contributed by atoms with Crippen LogP contribution in [0.1, 0.15) is 55.6 Å². The summed E-state index contributed by atoms with van der Waals surface area (Å²) in [5, 5.41) is 11.5. The maximum atomic E-state index is 5.84. The van der Waals surface area contributed by atoms with Gasteiger partial charge in [0.2, 0.25) is 0 Å². The van der Waals surface area contributed by atoms with Gasteiger partial charge in [-0.1, -0.05) is 0 Å². The zero-order valence-corrected chi connectivity index (χ0v) is 16.6. The quantitative estimate of drug-likeness (QED) is 0.585. The third-order valence-corrected chi connectivity index (χ3v) is 5.26. The smallest absolute Gasteiger partial charge is 0.191 e. The Kier molecular flexibility index (Phi) is 6.26. The van der Waals surface area contributed by atoms with Crippen LogP contribution in [0.25, 0.3) is 0 Å². The van der Waals surface area contributed by atoms with Gasteiger partial charge in [0.1, 0.15) is 17.4 Å². The highest BCUT2D eigenvalue weighted by atomic mass is 16.5. The molecule has 2 unspecified atom stereocenters. The Morgan fingerprint density at radius 3 is 3.11 bits per heavy atom. The molecule has 2 N–H and O–H groups in total. The average Bonchev–Trinajstić information content (AvgIpc) is 3.36. The molecule has 8 nitrogen and oxygen atoms in total. The topological polar surface area (TPSA) is 89.5 Å². The van der Waals surface area contributed by atoms with Gasteiger partial charge in [-0.15, -0.1) is 0 Å². The van der Waals surface area contributed by atoms with E-state index in [0.29, 0.717) is 6.54 Å². The Bertz CT molecular complexity index is 764. The van der Waals surface area contributed by atoms with Gasteiger partial charge in [0, 0.05) is 26.1 Å². The molecule has 2 aliphatic rings. The first-order chi connectivity index (χ1) is 13.8. The number of aromatic nitrogens is 3. The summed E-state index contributed by atoms with van der Waals surface area (Å²) in [5.74, 6) is 3.59. The first kappa shape index (κ1) is 19.0. The number of guanidine groups is 1. The second-order valence-corrected chi connectivity index (χ2v) is 7.51. The second-order valence-electron chi connectivity index (χ2n) is 7.51. The van der Waals surface area contributed by atoms with Crippen LogP contribution in [0.2, 0.25) is 0 Å². The molecule has 2 aromatic rings. The molecule has 0 aromatic carbocycles. The Hall–Kier alpha value is -2.35. The van der Waals surface area contributed by atoms with E-state index in [1.165, 1.54) is 6.42 Å². The van der Waals surface area contributed by atoms with Gasteiger partial charge in [0.05, 0.1) is 25.0 Å². The van der Waals surface area contributed by atoms with Crippen molar-refractivity contribution in [2.24, 2.45) is 4.99 Å². The van der Waals surface area contributed by atoms with E-state index in [2.05, 4.69) is 20.7 Å². The molecule has 0 amide bonds. The Morgan fingerprint density at radius 2 is 2.29 bits per heavy atom. The van der Waals surface area contributed by atoms with E-state index >= 15 is 0 Å². The highest BCUT2D eigenvalue weighted by molar-refractivity contribution is 5.80. The Balaban J connectivity index is 1.41. The molecular weight excluding hydrogens is 356 g/mol. The van der Waals surface area contributed by atoms with E-state index in [4.69, 9.17) is 14.1 Å². The number of aryl methyl sites for hydroxylation is 2. The van der Waals surface area contributed by atoms with Crippen LogP contribution in [0.5, 0.6) is 0 Å². The summed E-state index contributed by atoms with van der Waals surface area (Å²) in [7, 11) is 0. The van der Waals surface area contributed by atoms with Crippen molar-refractivity contribution < 1.29 is 9.15 Å². The van der Waals surface area contributed by atoms with Gasteiger partial charge < -0.3 is 19.8 Å². The predicted octanol–water partition coefficient (Wildman–Crippen LogP) is 2.36. The molecule has 1 fully saturated rings. The molecule has 0 aliphatic carbocycles. The molecule has 1 saturated heterocycles. The third-order valence-electron chi connectivity index (χ3n) is 5.26. The number of hydrogen-bond acceptors (Lipinski definition) is 5. The van der Waals surface area contributed by atoms with E-state index in [0.717, 1.165) is 75.2 Å². The fourth-order valence-corrected chi connectivity index (χ4v) is 3.83. The summed E-state index contributed by atoms with van der Waals surface area (Å²) < 4.78 is 13.3. The van der Waals surface area contributed by atoms with E-state index in [1.54, 1.807) is 6.26 Å². The van der Waals surface area contributed by atoms with Gasteiger partial charge >= 0.3 is 0 Å². The number of furan rings is 1. The Morgan fingerprint density at radius 1 is 1.32 bits per heavy atom. The van der Waals surface area contributed by atoms with Gasteiger partial charge in [-0.3, -0.25) is 4.99 Å². The highest BCUT2D eigenvalue weighted by Gasteiger charge is 2.24. The molecule has 152 valence electrons. The van der Waals surface area contributed by atoms with Gasteiger partial charge in [-0.25, -0.2) is 9.67 Å². The second kappa shape index (κ2) is 9.23. The minimum atomic E-state index is 0.122. The maximum absolute atomic E-state index is 5.84.